The molecule has 15 atom stereocenters. The van der Waals surface area contributed by atoms with Crippen molar-refractivity contribution in [2.75, 3.05) is 72.0 Å². The van der Waals surface area contributed by atoms with Crippen molar-refractivity contribution in [3.05, 3.63) is 0 Å². The van der Waals surface area contributed by atoms with Crippen LogP contribution in [-0.4, -0.2) is 320 Å². The number of hydrogen-bond donors (Lipinski definition) is 39. The number of carbonyl (C=O) groups excluding carboxylic acids is 15. The number of carboxylic acid groups (broad SMARTS) is 1. The summed E-state index contributed by atoms with van der Waals surface area (Å²) in [5, 5.41) is 127. The minimum atomic E-state index is -1.66. The van der Waals surface area contributed by atoms with Crippen molar-refractivity contribution in [1.29, 1.82) is 43.3 Å². The van der Waals surface area contributed by atoms with E-state index in [2.05, 4.69) is 112 Å². The lowest BCUT2D eigenvalue weighted by molar-refractivity contribution is -0.143. The molecule has 2 rings (SSSR count). The third-order valence-electron chi connectivity index (χ3n) is 22.7. The van der Waals surface area contributed by atoms with Crippen molar-refractivity contribution in [3.63, 3.8) is 0 Å². The fraction of sp³-hybridized carbons (Fsp3) is 0.718. The zero-order valence-electron chi connectivity index (χ0n) is 82.9. The molecule has 2 saturated heterocycles. The molecular weight excluding hydrogens is 1850 g/mol. The van der Waals surface area contributed by atoms with E-state index in [1.165, 1.54) is 16.7 Å². The lowest BCUT2D eigenvalue weighted by atomic mass is 9.99. The largest absolute Gasteiger partial charge is 0.480 e. The van der Waals surface area contributed by atoms with Gasteiger partial charge in [0.1, 0.15) is 84.6 Å². The number of nitrogens with two attached hydrogens (primary N) is 9. The van der Waals surface area contributed by atoms with Gasteiger partial charge in [-0.15, -0.1) is 0 Å². The Kier molecular flexibility index (Phi) is 57.1. The number of nitrogens with one attached hydrogen (secondary N) is 29. The molecule has 802 valence electrons. The fourth-order valence-corrected chi connectivity index (χ4v) is 15.4. The number of carbonyl (C=O) groups is 16. The van der Waals surface area contributed by atoms with Crippen LogP contribution in [0.5, 0.6) is 0 Å². The van der Waals surface area contributed by atoms with Gasteiger partial charge in [0, 0.05) is 65.4 Å². The smallest absolute Gasteiger partial charge is 0.326 e. The summed E-state index contributed by atoms with van der Waals surface area (Å²) in [6.07, 6.45) is -0.0653. The van der Waals surface area contributed by atoms with Crippen molar-refractivity contribution in [3.8, 4) is 0 Å². The molecule has 0 aliphatic carbocycles. The summed E-state index contributed by atoms with van der Waals surface area (Å²) in [6.45, 7) is 14.9. The summed E-state index contributed by atoms with van der Waals surface area (Å²) in [5.41, 5.74) is 50.6. The molecule has 2 aliphatic heterocycles. The highest BCUT2D eigenvalue weighted by atomic mass is 16.4. The highest BCUT2D eigenvalue weighted by Crippen LogP contribution is 2.24. The summed E-state index contributed by atoms with van der Waals surface area (Å²) >= 11 is 0. The predicted octanol–water partition coefficient (Wildman–Crippen LogP) is -10.2. The normalized spacial score (nSPS) is 15.9. The van der Waals surface area contributed by atoms with Crippen LogP contribution in [0.4, 0.5) is 0 Å². The third-order valence-corrected chi connectivity index (χ3v) is 22.7. The van der Waals surface area contributed by atoms with E-state index in [4.69, 9.17) is 94.9 Å². The van der Waals surface area contributed by atoms with Gasteiger partial charge in [-0.05, 0) is 172 Å². The molecular formula is C85H160N40O17. The standard InChI is InChI=1S/C85H160N40O17/c1-43(2)40-48(86)75(139)124-38-18-28-58(124)71(135)111-42-60(126)122-61(45(5)6)74(138)121-57(41-44(3)4)76(140)125-39-19-29-59(125)72(136)123-62(46(7)8)73(137)112-47(9)63(127)113-49(20-10-30-103-78(87)88)64(128)114-50(21-11-31-104-79(89)90)65(129)115-51(22-12-32-105-80(91)92)66(130)116-52(23-13-33-106-81(93)94)67(131)117-53(24-14-34-107-82(95)96)68(132)118-54(25-15-35-108-83(97)98)69(133)119-55(26-16-36-109-84(99)100)70(134)120-56(77(141)142)27-17-37-110-85(101)102/h43-59,61-62H,10-42,86H2,1-9H3,(H,111,135)(H,112,137)(H,113,127)(H,114,128)(H,115,129)(H,116,130)(H,117,131)(H,118,132)(H,119,133)(H,120,134)(H,121,138)(H,122,126)(H,123,136)(H,141,142)(H4,87,88,103)(H4,89,90,104)(H4,91,92,105)(H4,93,94,106)(H4,95,96,107)(H4,97,98,108)(H4,99,100,109)(H4,101,102,110)/t47-,48-,49-,50-,51-,52-,53-,54-,55-,56-,57-,58-,59-,61-,62-/m0/s1. The van der Waals surface area contributed by atoms with E-state index in [0.717, 1.165) is 0 Å². The van der Waals surface area contributed by atoms with Gasteiger partial charge >= 0.3 is 5.97 Å². The Hall–Kier alpha value is -14.4. The van der Waals surface area contributed by atoms with E-state index in [1.807, 2.05) is 27.7 Å². The molecule has 0 radical (unpaired) electrons. The zero-order chi connectivity index (χ0) is 107. The van der Waals surface area contributed by atoms with Crippen molar-refractivity contribution in [2.45, 2.75) is 294 Å². The summed E-state index contributed by atoms with van der Waals surface area (Å²) in [7, 11) is 0. The van der Waals surface area contributed by atoms with Gasteiger partial charge < -0.3 is 178 Å². The second kappa shape index (κ2) is 65.5. The second-order valence-electron chi connectivity index (χ2n) is 36.5. The molecule has 48 N–H and O–H groups in total. The van der Waals surface area contributed by atoms with Crippen LogP contribution in [0.25, 0.3) is 0 Å². The summed E-state index contributed by atoms with van der Waals surface area (Å²) in [6, 6.07) is -20.9. The number of nitrogens with zero attached hydrogens (tertiary/aromatic N) is 2. The number of likely N-dealkylation sites (tertiary alicyclic amines) is 2. The van der Waals surface area contributed by atoms with E-state index < -0.39 is 239 Å². The zero-order valence-corrected chi connectivity index (χ0v) is 82.9. The maximum atomic E-state index is 15.1. The fourth-order valence-electron chi connectivity index (χ4n) is 15.4. The maximum Gasteiger partial charge on any atom is 0.326 e. The number of hydrogen-bond acceptors (Lipinski definition) is 25. The van der Waals surface area contributed by atoms with Gasteiger partial charge in [0.2, 0.25) is 88.6 Å². The first-order valence-electron chi connectivity index (χ1n) is 47.9. The van der Waals surface area contributed by atoms with Crippen LogP contribution < -0.4 is 163 Å². The topological polar surface area (TPSA) is 977 Å². The molecule has 0 saturated carbocycles. The SMILES string of the molecule is CC(C)C[C@H](NC(=O)[C@@H](NC(=O)CNC(=O)[C@@H]1CCCN1C(=O)[C@@H](N)CC(C)C)C(C)C)C(=O)N1CCC[C@H]1C(=O)N[C@H](C(=O)N[C@@H](C)C(=O)N[C@@H](CCCNC(=N)N)C(=O)N[C@@H](CCCNC(=N)N)C(=O)N[C@@H](CCCNC(=N)N)C(=O)N[C@@H](CCCNC(=N)N)C(=O)N[C@@H](CCCNC(=N)N)C(=O)N[C@@H](CCCNC(=N)N)C(=O)N[C@@H](CCCNC(=N)N)C(=O)N[C@@H](CCCNC(=N)N)C(=O)O)C(C)C. The minimum Gasteiger partial charge on any atom is -0.480 e. The van der Waals surface area contributed by atoms with Crippen LogP contribution in [0.2, 0.25) is 0 Å². The van der Waals surface area contributed by atoms with Crippen molar-refractivity contribution < 1.29 is 81.8 Å². The molecule has 2 heterocycles. The van der Waals surface area contributed by atoms with Gasteiger partial charge in [0.15, 0.2) is 47.7 Å². The molecule has 2 fully saturated rings. The van der Waals surface area contributed by atoms with Gasteiger partial charge in [-0.25, -0.2) is 4.79 Å². The number of aliphatic carboxylic acids is 1. The first kappa shape index (κ1) is 124. The quantitative estimate of drug-likeness (QED) is 0.0153. The lowest BCUT2D eigenvalue weighted by Crippen LogP contribution is -2.61. The molecule has 15 amide bonds. The summed E-state index contributed by atoms with van der Waals surface area (Å²) in [4.78, 5) is 231. The van der Waals surface area contributed by atoms with Crippen LogP contribution in [0.1, 0.15) is 204 Å². The van der Waals surface area contributed by atoms with Gasteiger partial charge in [-0.2, -0.15) is 0 Å². The number of guanidine groups is 8. The van der Waals surface area contributed by atoms with Crippen molar-refractivity contribution >= 4 is 142 Å². The van der Waals surface area contributed by atoms with E-state index in [0.29, 0.717) is 32.2 Å². The number of rotatable bonds is 67. The van der Waals surface area contributed by atoms with Crippen LogP contribution in [-0.2, 0) is 76.7 Å². The Morgan fingerprint density at radius 2 is 0.542 bits per heavy atom. The molecule has 142 heavy (non-hydrogen) atoms. The molecule has 0 aromatic carbocycles. The van der Waals surface area contributed by atoms with Gasteiger partial charge in [-0.3, -0.25) is 115 Å². The average molecular weight is 2010 g/mol. The maximum absolute atomic E-state index is 15.1. The van der Waals surface area contributed by atoms with Gasteiger partial charge in [0.25, 0.3) is 0 Å². The molecule has 57 heteroatoms. The average Bonchev–Trinajstić information content (AvgIpc) is 1.66. The lowest BCUT2D eigenvalue weighted by Gasteiger charge is -2.32. The first-order chi connectivity index (χ1) is 66.7. The predicted molar refractivity (Wildman–Crippen MR) is 529 cm³/mol. The Morgan fingerprint density at radius 3 is 0.817 bits per heavy atom. The van der Waals surface area contributed by atoms with Gasteiger partial charge in [0.05, 0.1) is 12.6 Å². The molecule has 0 spiro atoms. The van der Waals surface area contributed by atoms with Crippen LogP contribution in [0.3, 0.4) is 0 Å². The Morgan fingerprint density at radius 1 is 0.296 bits per heavy atom. The summed E-state index contributed by atoms with van der Waals surface area (Å²) < 4.78 is 0. The summed E-state index contributed by atoms with van der Waals surface area (Å²) in [5.74, 6) is -19.1. The first-order valence-corrected chi connectivity index (χ1v) is 47.9. The van der Waals surface area contributed by atoms with E-state index in [1.54, 1.807) is 27.7 Å². The Balaban J connectivity index is 2.65. The minimum absolute atomic E-state index is 0.00489. The highest BCUT2D eigenvalue weighted by molar-refractivity contribution is 6.01. The van der Waals surface area contributed by atoms with Crippen LogP contribution in [0, 0.1) is 66.9 Å². The molecule has 0 unspecified atom stereocenters. The van der Waals surface area contributed by atoms with Crippen LogP contribution in [0.15, 0.2) is 0 Å². The monoisotopic (exact) mass is 2010 g/mol. The second-order valence-corrected chi connectivity index (χ2v) is 36.5. The third kappa shape index (κ3) is 49.5. The van der Waals surface area contributed by atoms with E-state index >= 15 is 14.4 Å². The van der Waals surface area contributed by atoms with Crippen molar-refractivity contribution in [2.24, 2.45) is 75.3 Å². The molecule has 57 nitrogen and oxygen atoms in total. The molecule has 0 aromatic heterocycles. The van der Waals surface area contributed by atoms with Crippen molar-refractivity contribution in [1.82, 2.24) is 121 Å². The molecule has 2 aliphatic rings. The number of amides is 15. The molecule has 0 bridgehead atoms. The highest BCUT2D eigenvalue weighted by Gasteiger charge is 2.43. The van der Waals surface area contributed by atoms with E-state index in [9.17, 15) is 67.4 Å². The molecule has 0 aromatic rings. The Labute approximate surface area is 826 Å². The van der Waals surface area contributed by atoms with E-state index in [-0.39, 0.29) is 198 Å². The number of carboxylic acids is 1. The van der Waals surface area contributed by atoms with Gasteiger partial charge in [-0.1, -0.05) is 55.4 Å². The van der Waals surface area contributed by atoms with Crippen LogP contribution >= 0.6 is 0 Å². The Bertz CT molecular complexity index is 4270.